The highest BCUT2D eigenvalue weighted by Gasteiger charge is 2.30. The molecule has 1 N–H and O–H groups in total. The third-order valence-corrected chi connectivity index (χ3v) is 5.43. The molecule has 1 aliphatic rings. The number of nitrogens with zero attached hydrogens (tertiary/aromatic N) is 2. The number of para-hydroxylation sites is 1. The van der Waals surface area contributed by atoms with E-state index in [9.17, 15) is 9.59 Å². The molecule has 1 unspecified atom stereocenters. The molecule has 1 heterocycles. The molecule has 4 rings (SSSR count). The Morgan fingerprint density at radius 2 is 1.73 bits per heavy atom. The number of hydrogen-bond acceptors (Lipinski definition) is 5. The number of amides is 2. The van der Waals surface area contributed by atoms with Gasteiger partial charge >= 0.3 is 0 Å². The highest BCUT2D eigenvalue weighted by molar-refractivity contribution is 6.20. The zero-order valence-corrected chi connectivity index (χ0v) is 18.7. The molecule has 0 aliphatic carbocycles. The van der Waals surface area contributed by atoms with Crippen LogP contribution in [0.3, 0.4) is 0 Å². The second kappa shape index (κ2) is 9.56. The van der Waals surface area contributed by atoms with Crippen LogP contribution < -0.4 is 19.7 Å². The van der Waals surface area contributed by atoms with E-state index in [2.05, 4.69) is 5.32 Å². The maximum absolute atomic E-state index is 13.3. The van der Waals surface area contributed by atoms with E-state index >= 15 is 0 Å². The van der Waals surface area contributed by atoms with Crippen molar-refractivity contribution in [2.45, 2.75) is 13.0 Å². The van der Waals surface area contributed by atoms with Crippen LogP contribution >= 0.6 is 0 Å². The van der Waals surface area contributed by atoms with Gasteiger partial charge in [-0.15, -0.1) is 0 Å². The van der Waals surface area contributed by atoms with E-state index in [1.54, 1.807) is 32.2 Å². The standard InChI is InChI=1S/C26H25N3O4/c1-17-26(31)29(16-24(30)28-21-14-13-19(32-2)15-23(21)33-3)22-12-8-7-11-20(22)25(27-17)18-9-5-4-6-10-18/h4-15,17H,16H2,1-3H3,(H,28,30). The molecule has 168 valence electrons. The van der Waals surface area contributed by atoms with Gasteiger partial charge in [0.25, 0.3) is 5.91 Å². The zero-order valence-electron chi connectivity index (χ0n) is 18.7. The normalized spacial score (nSPS) is 15.2. The van der Waals surface area contributed by atoms with E-state index < -0.39 is 6.04 Å². The van der Waals surface area contributed by atoms with Gasteiger partial charge in [0.05, 0.1) is 31.3 Å². The molecular weight excluding hydrogens is 418 g/mol. The first-order valence-corrected chi connectivity index (χ1v) is 10.6. The van der Waals surface area contributed by atoms with Crippen LogP contribution in [0.25, 0.3) is 0 Å². The smallest absolute Gasteiger partial charge is 0.252 e. The van der Waals surface area contributed by atoms with Gasteiger partial charge in [0.15, 0.2) is 0 Å². The predicted molar refractivity (Wildman–Crippen MR) is 129 cm³/mol. The van der Waals surface area contributed by atoms with E-state index in [1.807, 2.05) is 54.6 Å². The molecule has 0 bridgehead atoms. The topological polar surface area (TPSA) is 80.2 Å². The number of benzene rings is 3. The van der Waals surface area contributed by atoms with Crippen molar-refractivity contribution in [2.75, 3.05) is 31.0 Å². The minimum Gasteiger partial charge on any atom is -0.497 e. The van der Waals surface area contributed by atoms with Crippen molar-refractivity contribution in [2.24, 2.45) is 4.99 Å². The van der Waals surface area contributed by atoms with Gasteiger partial charge in [0.1, 0.15) is 24.1 Å². The van der Waals surface area contributed by atoms with E-state index in [0.717, 1.165) is 16.8 Å². The minimum absolute atomic E-state index is 0.160. The number of rotatable bonds is 6. The molecule has 2 amide bonds. The van der Waals surface area contributed by atoms with E-state index in [0.29, 0.717) is 22.9 Å². The molecule has 1 atom stereocenters. The van der Waals surface area contributed by atoms with Crippen molar-refractivity contribution in [1.82, 2.24) is 0 Å². The van der Waals surface area contributed by atoms with Crippen molar-refractivity contribution >= 4 is 28.9 Å². The molecule has 3 aromatic carbocycles. The maximum atomic E-state index is 13.3. The molecule has 33 heavy (non-hydrogen) atoms. The number of benzodiazepines with no additional fused rings is 1. The van der Waals surface area contributed by atoms with Crippen LogP contribution in [-0.2, 0) is 9.59 Å². The van der Waals surface area contributed by atoms with Crippen molar-refractivity contribution < 1.29 is 19.1 Å². The molecule has 7 heteroatoms. The van der Waals surface area contributed by atoms with Gasteiger partial charge in [0.2, 0.25) is 5.91 Å². The fourth-order valence-electron chi connectivity index (χ4n) is 3.80. The Bertz CT molecular complexity index is 1210. The lowest BCUT2D eigenvalue weighted by molar-refractivity contribution is -0.122. The number of carbonyl (C=O) groups excluding carboxylic acids is 2. The van der Waals surface area contributed by atoms with E-state index in [4.69, 9.17) is 14.5 Å². The Labute approximate surface area is 192 Å². The number of fused-ring (bicyclic) bond motifs is 1. The van der Waals surface area contributed by atoms with Crippen LogP contribution in [0.2, 0.25) is 0 Å². The fraction of sp³-hybridized carbons (Fsp3) is 0.192. The van der Waals surface area contributed by atoms with Crippen LogP contribution in [-0.4, -0.2) is 44.3 Å². The second-order valence-electron chi connectivity index (χ2n) is 7.58. The third kappa shape index (κ3) is 4.57. The van der Waals surface area contributed by atoms with Gasteiger partial charge < -0.3 is 19.7 Å². The van der Waals surface area contributed by atoms with Crippen LogP contribution in [0.15, 0.2) is 77.8 Å². The predicted octanol–water partition coefficient (Wildman–Crippen LogP) is 3.92. The molecule has 0 spiro atoms. The van der Waals surface area contributed by atoms with Crippen molar-refractivity contribution in [3.63, 3.8) is 0 Å². The molecule has 1 aliphatic heterocycles. The number of ether oxygens (including phenoxy) is 2. The third-order valence-electron chi connectivity index (χ3n) is 5.43. The lowest BCUT2D eigenvalue weighted by Gasteiger charge is -2.24. The van der Waals surface area contributed by atoms with E-state index in [1.165, 1.54) is 12.0 Å². The summed E-state index contributed by atoms with van der Waals surface area (Å²) in [6, 6.07) is 21.7. The molecule has 0 radical (unpaired) electrons. The summed E-state index contributed by atoms with van der Waals surface area (Å²) < 4.78 is 10.6. The maximum Gasteiger partial charge on any atom is 0.252 e. The molecule has 0 saturated carbocycles. The van der Waals surface area contributed by atoms with Gasteiger partial charge in [-0.1, -0.05) is 48.5 Å². The average molecular weight is 444 g/mol. The van der Waals surface area contributed by atoms with Gasteiger partial charge in [0, 0.05) is 17.2 Å². The van der Waals surface area contributed by atoms with Crippen molar-refractivity contribution in [3.8, 4) is 11.5 Å². The summed E-state index contributed by atoms with van der Waals surface area (Å²) >= 11 is 0. The Kier molecular flexibility index (Phi) is 6.40. The summed E-state index contributed by atoms with van der Waals surface area (Å²) in [5.41, 5.74) is 3.58. The summed E-state index contributed by atoms with van der Waals surface area (Å²) in [7, 11) is 3.07. The van der Waals surface area contributed by atoms with Gasteiger partial charge in [-0.05, 0) is 25.1 Å². The summed E-state index contributed by atoms with van der Waals surface area (Å²) in [5.74, 6) is 0.483. The van der Waals surface area contributed by atoms with Gasteiger partial charge in [-0.25, -0.2) is 0 Å². The molecular formula is C26H25N3O4. The van der Waals surface area contributed by atoms with E-state index in [-0.39, 0.29) is 18.4 Å². The summed E-state index contributed by atoms with van der Waals surface area (Å²) in [5, 5.41) is 2.84. The summed E-state index contributed by atoms with van der Waals surface area (Å²) in [6.45, 7) is 1.58. The quantitative estimate of drug-likeness (QED) is 0.626. The Balaban J connectivity index is 1.65. The zero-order chi connectivity index (χ0) is 23.4. The molecule has 7 nitrogen and oxygen atoms in total. The second-order valence-corrected chi connectivity index (χ2v) is 7.58. The van der Waals surface area contributed by atoms with Crippen molar-refractivity contribution in [3.05, 3.63) is 83.9 Å². The van der Waals surface area contributed by atoms with Gasteiger partial charge in [-0.2, -0.15) is 0 Å². The first kappa shape index (κ1) is 22.1. The minimum atomic E-state index is -0.643. The molecule has 0 fully saturated rings. The SMILES string of the molecule is COc1ccc(NC(=O)CN2C(=O)C(C)N=C(c3ccccc3)c3ccccc32)c(OC)c1. The van der Waals surface area contributed by atoms with Crippen molar-refractivity contribution in [1.29, 1.82) is 0 Å². The first-order valence-electron chi connectivity index (χ1n) is 10.6. The summed E-state index contributed by atoms with van der Waals surface area (Å²) in [4.78, 5) is 32.5. The fourth-order valence-corrected chi connectivity index (χ4v) is 3.80. The Morgan fingerprint density at radius 1 is 1.00 bits per heavy atom. The number of hydrogen-bond donors (Lipinski definition) is 1. The molecule has 0 aromatic heterocycles. The van der Waals surface area contributed by atoms with Crippen LogP contribution in [0.5, 0.6) is 11.5 Å². The van der Waals surface area contributed by atoms with Crippen LogP contribution in [0.1, 0.15) is 18.1 Å². The number of carbonyl (C=O) groups is 2. The molecule has 3 aromatic rings. The average Bonchev–Trinajstić information content (AvgIpc) is 2.95. The number of aliphatic imine (C=N–C) groups is 1. The lowest BCUT2D eigenvalue weighted by atomic mass is 10.0. The molecule has 0 saturated heterocycles. The highest BCUT2D eigenvalue weighted by atomic mass is 16.5. The largest absolute Gasteiger partial charge is 0.497 e. The number of methoxy groups -OCH3 is 2. The Morgan fingerprint density at radius 3 is 2.45 bits per heavy atom. The van der Waals surface area contributed by atoms with Crippen LogP contribution in [0.4, 0.5) is 11.4 Å². The number of nitrogens with one attached hydrogen (secondary N) is 1. The summed E-state index contributed by atoms with van der Waals surface area (Å²) in [6.07, 6.45) is 0. The van der Waals surface area contributed by atoms with Gasteiger partial charge in [-0.3, -0.25) is 14.6 Å². The first-order chi connectivity index (χ1) is 16.0. The Hall–Kier alpha value is -4.13. The number of anilines is 2. The lowest BCUT2D eigenvalue weighted by Crippen LogP contribution is -2.42. The highest BCUT2D eigenvalue weighted by Crippen LogP contribution is 2.31. The monoisotopic (exact) mass is 443 g/mol. The van der Waals surface area contributed by atoms with Crippen LogP contribution in [0, 0.1) is 0 Å².